The number of carbonyl (C=O) groups is 1. The van der Waals surface area contributed by atoms with Crippen LogP contribution in [0.2, 0.25) is 0 Å². The molecule has 4 heterocycles. The Labute approximate surface area is 244 Å². The van der Waals surface area contributed by atoms with Gasteiger partial charge in [0.2, 0.25) is 0 Å². The molecule has 1 aromatic carbocycles. The number of H-pyrrole nitrogens is 1. The summed E-state index contributed by atoms with van der Waals surface area (Å²) in [7, 11) is 2.12. The molecular formula is C30H37N6O4S-. The zero-order chi connectivity index (χ0) is 28.5. The van der Waals surface area contributed by atoms with Crippen LogP contribution in [0.4, 0.5) is 0 Å². The van der Waals surface area contributed by atoms with Crippen molar-refractivity contribution in [3.8, 4) is 0 Å². The normalized spacial score (nSPS) is 20.9. The number of aliphatic hydroxyl groups is 1. The van der Waals surface area contributed by atoms with E-state index in [1.807, 2.05) is 23.3 Å². The number of likely N-dealkylation sites (tertiary alicyclic amines) is 1. The molecule has 0 unspecified atom stereocenters. The fourth-order valence-electron chi connectivity index (χ4n) is 5.92. The number of nitrogens with one attached hydrogen (secondary N) is 2. The van der Waals surface area contributed by atoms with Crippen LogP contribution in [-0.2, 0) is 11.3 Å². The van der Waals surface area contributed by atoms with Gasteiger partial charge in [-0.15, -0.1) is 11.8 Å². The second kappa shape index (κ2) is 11.9. The lowest BCUT2D eigenvalue weighted by Gasteiger charge is -2.34. The topological polar surface area (TPSA) is 120 Å². The van der Waals surface area contributed by atoms with Crippen LogP contribution in [0.5, 0.6) is 0 Å². The van der Waals surface area contributed by atoms with Crippen LogP contribution < -0.4 is 5.32 Å². The molecule has 1 amide bonds. The average Bonchev–Trinajstić information content (AvgIpc) is 3.54. The molecule has 0 bridgehead atoms. The van der Waals surface area contributed by atoms with Crippen LogP contribution in [0.3, 0.4) is 0 Å². The molecular weight excluding hydrogens is 540 g/mol. The third-order valence-corrected chi connectivity index (χ3v) is 9.06. The number of piperidine rings is 1. The molecule has 0 spiro atoms. The molecule has 11 heteroatoms. The number of nitrogens with zero attached hydrogens (tertiary/aromatic N) is 4. The molecule has 1 fully saturated rings. The lowest BCUT2D eigenvalue weighted by atomic mass is 10.0. The van der Waals surface area contributed by atoms with Gasteiger partial charge in [0.1, 0.15) is 24.3 Å². The van der Waals surface area contributed by atoms with Gasteiger partial charge in [0.15, 0.2) is 0 Å². The van der Waals surface area contributed by atoms with Crippen LogP contribution in [0.15, 0.2) is 52.9 Å². The van der Waals surface area contributed by atoms with E-state index in [1.54, 1.807) is 17.8 Å². The lowest BCUT2D eigenvalue weighted by Crippen LogP contribution is -2.43. The molecule has 1 aromatic heterocycles. The van der Waals surface area contributed by atoms with Crippen molar-refractivity contribution in [3.63, 3.8) is 0 Å². The Hall–Kier alpha value is -3.25. The zero-order valence-electron chi connectivity index (χ0n) is 23.6. The van der Waals surface area contributed by atoms with Crippen molar-refractivity contribution < 1.29 is 14.6 Å². The average molecular weight is 578 g/mol. The van der Waals surface area contributed by atoms with Crippen LogP contribution >= 0.6 is 11.8 Å². The number of fused-ring (bicyclic) bond motifs is 2. The Morgan fingerprint density at radius 1 is 1.24 bits per heavy atom. The van der Waals surface area contributed by atoms with E-state index < -0.39 is 6.10 Å². The fourth-order valence-corrected chi connectivity index (χ4v) is 6.55. The highest BCUT2D eigenvalue weighted by molar-refractivity contribution is 8.02. The number of aliphatic hydroxyl groups excluding tert-OH is 1. The molecule has 3 aliphatic heterocycles. The number of carbonyl (C=O) groups excluding carboxylic acids is 1. The summed E-state index contributed by atoms with van der Waals surface area (Å²) in [5, 5.41) is 27.0. The molecule has 0 saturated carbocycles. The Kier molecular flexibility index (Phi) is 8.12. The van der Waals surface area contributed by atoms with Gasteiger partial charge in [-0.05, 0) is 88.1 Å². The van der Waals surface area contributed by atoms with Gasteiger partial charge in [0, 0.05) is 47.4 Å². The molecule has 218 valence electrons. The van der Waals surface area contributed by atoms with E-state index in [0.717, 1.165) is 65.6 Å². The molecule has 0 radical (unpaired) electrons. The van der Waals surface area contributed by atoms with Crippen molar-refractivity contribution in [3.05, 3.63) is 75.1 Å². The van der Waals surface area contributed by atoms with E-state index in [9.17, 15) is 15.1 Å². The van der Waals surface area contributed by atoms with Crippen LogP contribution in [0.1, 0.15) is 47.4 Å². The maximum absolute atomic E-state index is 13.3. The molecule has 1 aliphatic carbocycles. The number of aromatic nitrogens is 2. The van der Waals surface area contributed by atoms with Crippen LogP contribution in [0, 0.1) is 5.21 Å². The number of aromatic amines is 1. The first-order chi connectivity index (χ1) is 19.9. The smallest absolute Gasteiger partial charge is 0.254 e. The van der Waals surface area contributed by atoms with E-state index in [4.69, 9.17) is 9.72 Å². The highest BCUT2D eigenvalue weighted by Crippen LogP contribution is 2.32. The summed E-state index contributed by atoms with van der Waals surface area (Å²) >= 11 is 1.64. The number of imidazole rings is 1. The largest absolute Gasteiger partial charge is 0.758 e. The monoisotopic (exact) mass is 577 g/mol. The minimum atomic E-state index is -0.745. The van der Waals surface area contributed by atoms with Gasteiger partial charge in [0.05, 0.1) is 11.0 Å². The van der Waals surface area contributed by atoms with Crippen molar-refractivity contribution in [2.75, 3.05) is 46.1 Å². The maximum Gasteiger partial charge on any atom is 0.254 e. The summed E-state index contributed by atoms with van der Waals surface area (Å²) in [6, 6.07) is 4.17. The van der Waals surface area contributed by atoms with Gasteiger partial charge in [-0.1, -0.05) is 6.08 Å². The molecule has 6 rings (SSSR count). The number of benzene rings is 1. The van der Waals surface area contributed by atoms with Crippen molar-refractivity contribution in [1.29, 1.82) is 0 Å². The second-order valence-electron chi connectivity index (χ2n) is 11.1. The number of allylic oxidation sites excluding steroid dienone is 3. The molecule has 10 nitrogen and oxygen atoms in total. The van der Waals surface area contributed by atoms with Crippen LogP contribution in [-0.4, -0.2) is 94.1 Å². The summed E-state index contributed by atoms with van der Waals surface area (Å²) in [4.78, 5) is 26.9. The van der Waals surface area contributed by atoms with Gasteiger partial charge in [0.25, 0.3) is 5.91 Å². The predicted octanol–water partition coefficient (Wildman–Crippen LogP) is 3.54. The summed E-state index contributed by atoms with van der Waals surface area (Å²) in [5.41, 5.74) is 4.67. The molecule has 4 aliphatic rings. The third-order valence-electron chi connectivity index (χ3n) is 8.25. The first-order valence-corrected chi connectivity index (χ1v) is 15.5. The molecule has 1 atom stereocenters. The number of thioether (sulfide) groups is 1. The predicted molar refractivity (Wildman–Crippen MR) is 161 cm³/mol. The Morgan fingerprint density at radius 3 is 2.85 bits per heavy atom. The standard InChI is InChI=1S/C30H37N6O4S/c1-34-10-7-20(8-11-34)36-16-19-13-25-26(14-22(19)30(36)38)33-29(32-25)23-17-35(39)12-9-24(23)31-15-21(37)18-40-27-5-3-4-6-28(27)41-2/h5-6,9,12-14,20-21,31,37H,3-4,7-8,10-11,15-18H2,1-2H3,(H,32,33)/q-1/t21-/m1/s1. The number of ether oxygens (including phenoxy) is 1. The first kappa shape index (κ1) is 27.9. The van der Waals surface area contributed by atoms with E-state index in [2.05, 4.69) is 34.4 Å². The van der Waals surface area contributed by atoms with Gasteiger partial charge in [-0.3, -0.25) is 4.79 Å². The van der Waals surface area contributed by atoms with Crippen molar-refractivity contribution in [1.82, 2.24) is 30.1 Å². The van der Waals surface area contributed by atoms with E-state index in [-0.39, 0.29) is 31.6 Å². The summed E-state index contributed by atoms with van der Waals surface area (Å²) < 4.78 is 5.89. The lowest BCUT2D eigenvalue weighted by molar-refractivity contribution is 0.0617. The Bertz CT molecular complexity index is 1440. The van der Waals surface area contributed by atoms with Gasteiger partial charge >= 0.3 is 0 Å². The van der Waals surface area contributed by atoms with E-state index in [0.29, 0.717) is 34.7 Å². The fraction of sp³-hybridized carbons (Fsp3) is 0.467. The van der Waals surface area contributed by atoms with Gasteiger partial charge in [-0.25, -0.2) is 4.98 Å². The summed E-state index contributed by atoms with van der Waals surface area (Å²) in [6.45, 7) is 3.16. The number of hydrogen-bond acceptors (Lipinski definition) is 9. The van der Waals surface area contributed by atoms with Crippen molar-refractivity contribution >= 4 is 34.3 Å². The quantitative estimate of drug-likeness (QED) is 0.411. The Balaban J connectivity index is 1.16. The maximum atomic E-state index is 13.3. The number of hydroxylamine groups is 2. The summed E-state index contributed by atoms with van der Waals surface area (Å²) in [6.07, 6.45) is 12.6. The SMILES string of the molecule is CSC1=CCCC=C1OC[C@H](O)CNC1=C(c2nc3cc4c(cc3[nH]2)CN(C2CCN(C)CC2)C4=O)CN([O-])C=C1. The van der Waals surface area contributed by atoms with Gasteiger partial charge in [-0.2, -0.15) is 0 Å². The third kappa shape index (κ3) is 5.90. The Morgan fingerprint density at radius 2 is 2.05 bits per heavy atom. The number of amides is 1. The molecule has 1 saturated heterocycles. The van der Waals surface area contributed by atoms with E-state index >= 15 is 0 Å². The molecule has 2 aromatic rings. The van der Waals surface area contributed by atoms with Crippen molar-refractivity contribution in [2.45, 2.75) is 44.4 Å². The van der Waals surface area contributed by atoms with Crippen molar-refractivity contribution in [2.24, 2.45) is 0 Å². The number of hydrogen-bond donors (Lipinski definition) is 3. The summed E-state index contributed by atoms with van der Waals surface area (Å²) in [5.74, 6) is 1.47. The first-order valence-electron chi connectivity index (χ1n) is 14.3. The zero-order valence-corrected chi connectivity index (χ0v) is 24.4. The second-order valence-corrected chi connectivity index (χ2v) is 12.0. The molecule has 41 heavy (non-hydrogen) atoms. The highest BCUT2D eigenvalue weighted by atomic mass is 32.2. The number of rotatable bonds is 9. The molecule has 3 N–H and O–H groups in total. The minimum absolute atomic E-state index is 0.0780. The van der Waals surface area contributed by atoms with Gasteiger partial charge < -0.3 is 40.2 Å². The van der Waals surface area contributed by atoms with Crippen LogP contribution in [0.25, 0.3) is 16.6 Å². The van der Waals surface area contributed by atoms with E-state index in [1.165, 1.54) is 6.20 Å². The minimum Gasteiger partial charge on any atom is -0.758 e. The highest BCUT2D eigenvalue weighted by Gasteiger charge is 2.34.